The summed E-state index contributed by atoms with van der Waals surface area (Å²) in [5, 5.41) is 5.99. The van der Waals surface area contributed by atoms with Crippen LogP contribution in [0.4, 0.5) is 0 Å². The van der Waals surface area contributed by atoms with Crippen LogP contribution in [0.25, 0.3) is 15.9 Å². The summed E-state index contributed by atoms with van der Waals surface area (Å²) in [6.07, 6.45) is 2.38. The van der Waals surface area contributed by atoms with Crippen LogP contribution in [-0.4, -0.2) is 25.9 Å². The summed E-state index contributed by atoms with van der Waals surface area (Å²) >= 11 is 7.60. The predicted molar refractivity (Wildman–Crippen MR) is 115 cm³/mol. The number of likely N-dealkylation sites (tertiary alicyclic amines) is 1. The minimum atomic E-state index is 0.418. The van der Waals surface area contributed by atoms with Crippen molar-refractivity contribution in [3.63, 3.8) is 0 Å². The molecule has 2 atom stereocenters. The largest absolute Gasteiger partial charge is 0.308 e. The summed E-state index contributed by atoms with van der Waals surface area (Å²) in [5.74, 6) is 0.923. The average Bonchev–Trinajstić information content (AvgIpc) is 3.40. The van der Waals surface area contributed by atoms with E-state index in [0.29, 0.717) is 6.04 Å². The molecule has 5 rings (SSSR count). The van der Waals surface area contributed by atoms with Crippen molar-refractivity contribution in [2.24, 2.45) is 0 Å². The highest BCUT2D eigenvalue weighted by Gasteiger charge is 2.33. The van der Waals surface area contributed by atoms with E-state index < -0.39 is 0 Å². The number of nitrogens with one attached hydrogen (secondary N) is 1. The first-order valence-corrected chi connectivity index (χ1v) is 10.8. The van der Waals surface area contributed by atoms with Crippen molar-refractivity contribution >= 4 is 33.8 Å². The van der Waals surface area contributed by atoms with Gasteiger partial charge in [0, 0.05) is 18.5 Å². The first-order valence-electron chi connectivity index (χ1n) is 9.62. The number of hydrogen-bond acceptors (Lipinski definition) is 4. The lowest BCUT2D eigenvalue weighted by atomic mass is 10.2. The maximum Gasteiger partial charge on any atom is 0.207 e. The maximum absolute atomic E-state index is 5.77. The Morgan fingerprint density at radius 3 is 2.75 bits per heavy atom. The zero-order chi connectivity index (χ0) is 19.1. The van der Waals surface area contributed by atoms with E-state index in [9.17, 15) is 0 Å². The number of nitrogens with zero attached hydrogens (tertiary/aromatic N) is 4. The van der Waals surface area contributed by atoms with Gasteiger partial charge < -0.3 is 4.90 Å². The predicted octanol–water partition coefficient (Wildman–Crippen LogP) is 3.70. The minimum absolute atomic E-state index is 0.418. The number of aryl methyl sites for hydroxylation is 1. The van der Waals surface area contributed by atoms with E-state index >= 15 is 0 Å². The lowest BCUT2D eigenvalue weighted by Gasteiger charge is -2.19. The van der Waals surface area contributed by atoms with Crippen LogP contribution in [0, 0.1) is 11.7 Å². The van der Waals surface area contributed by atoms with E-state index in [1.807, 2.05) is 41.1 Å². The highest BCUT2D eigenvalue weighted by Crippen LogP contribution is 2.28. The molecule has 0 bridgehead atoms. The van der Waals surface area contributed by atoms with E-state index in [2.05, 4.69) is 41.0 Å². The normalized spacial score (nSPS) is 19.5. The molecule has 28 heavy (non-hydrogen) atoms. The smallest absolute Gasteiger partial charge is 0.207 e. The number of thiazole rings is 1. The fourth-order valence-electron chi connectivity index (χ4n) is 4.12. The third kappa shape index (κ3) is 3.09. The van der Waals surface area contributed by atoms with Gasteiger partial charge in [0.05, 0.1) is 16.8 Å². The fourth-order valence-corrected chi connectivity index (χ4v) is 5.63. The fraction of sp³-hybridized carbons (Fsp3) is 0.286. The van der Waals surface area contributed by atoms with Gasteiger partial charge in [0.2, 0.25) is 4.77 Å². The molecule has 0 spiro atoms. The molecule has 0 saturated carbocycles. The summed E-state index contributed by atoms with van der Waals surface area (Å²) in [5.41, 5.74) is 2.17. The monoisotopic (exact) mass is 408 g/mol. The molecule has 1 fully saturated rings. The van der Waals surface area contributed by atoms with Crippen LogP contribution in [0.2, 0.25) is 0 Å². The molecule has 1 N–H and O–H groups in total. The van der Waals surface area contributed by atoms with E-state index in [1.165, 1.54) is 27.4 Å². The number of benzene rings is 2. The van der Waals surface area contributed by atoms with Crippen molar-refractivity contribution in [2.45, 2.75) is 32.5 Å². The second-order valence-electron chi connectivity index (χ2n) is 7.28. The van der Waals surface area contributed by atoms with Gasteiger partial charge in [-0.1, -0.05) is 30.3 Å². The second-order valence-corrected chi connectivity index (χ2v) is 8.71. The third-order valence-corrected chi connectivity index (χ3v) is 7.00. The number of rotatable bonds is 4. The lowest BCUT2D eigenvalue weighted by molar-refractivity contribution is -0.941. The number of fused-ring (bicyclic) bond motifs is 1. The number of para-hydroxylation sites is 2. The molecular weight excluding hydrogens is 386 g/mol. The van der Waals surface area contributed by atoms with Gasteiger partial charge in [-0.15, -0.1) is 11.3 Å². The Labute approximate surface area is 172 Å². The molecule has 4 aromatic rings. The molecule has 1 aliphatic heterocycles. The Hall–Kier alpha value is -2.35. The first kappa shape index (κ1) is 17.7. The summed E-state index contributed by atoms with van der Waals surface area (Å²) < 4.78 is 6.06. The maximum atomic E-state index is 5.77. The Kier molecular flexibility index (Phi) is 4.58. The zero-order valence-electron chi connectivity index (χ0n) is 15.7. The van der Waals surface area contributed by atoms with Crippen molar-refractivity contribution in [1.29, 1.82) is 0 Å². The molecule has 1 saturated heterocycles. The van der Waals surface area contributed by atoms with Gasteiger partial charge in [-0.3, -0.25) is 4.57 Å². The Bertz CT molecular complexity index is 1140. The molecule has 7 heteroatoms. The minimum Gasteiger partial charge on any atom is -0.308 e. The van der Waals surface area contributed by atoms with E-state index in [-0.39, 0.29) is 0 Å². The molecule has 0 aliphatic carbocycles. The Morgan fingerprint density at radius 2 is 1.93 bits per heavy atom. The highest BCUT2D eigenvalue weighted by molar-refractivity contribution is 7.71. The van der Waals surface area contributed by atoms with Crippen molar-refractivity contribution in [3.8, 4) is 5.69 Å². The second kappa shape index (κ2) is 7.24. The van der Waals surface area contributed by atoms with Crippen molar-refractivity contribution in [1.82, 2.24) is 19.3 Å². The van der Waals surface area contributed by atoms with Crippen molar-refractivity contribution < 1.29 is 4.90 Å². The molecule has 142 valence electrons. The van der Waals surface area contributed by atoms with Gasteiger partial charge >= 0.3 is 0 Å². The van der Waals surface area contributed by atoms with Crippen LogP contribution in [0.1, 0.15) is 29.7 Å². The molecular formula is C21H22N5S2+. The summed E-state index contributed by atoms with van der Waals surface area (Å²) in [6.45, 7) is 3.92. The molecule has 1 aliphatic rings. The van der Waals surface area contributed by atoms with E-state index in [0.717, 1.165) is 35.0 Å². The highest BCUT2D eigenvalue weighted by atomic mass is 32.1. The molecule has 0 radical (unpaired) electrons. The first-order chi connectivity index (χ1) is 13.7. The van der Waals surface area contributed by atoms with Crippen molar-refractivity contribution in [3.05, 3.63) is 70.2 Å². The van der Waals surface area contributed by atoms with Crippen LogP contribution in [0.15, 0.2) is 54.6 Å². The third-order valence-electron chi connectivity index (χ3n) is 5.46. The van der Waals surface area contributed by atoms with E-state index in [4.69, 9.17) is 22.3 Å². The number of hydrogen-bond donors (Lipinski definition) is 1. The van der Waals surface area contributed by atoms with Gasteiger partial charge in [-0.2, -0.15) is 9.78 Å². The van der Waals surface area contributed by atoms with Crippen LogP contribution in [0.3, 0.4) is 0 Å². The van der Waals surface area contributed by atoms with Crippen LogP contribution >= 0.6 is 23.6 Å². The standard InChI is InChI=1S/C21H21N5S2/c1-15-23-25(21(27)26(15)16-8-3-2-4-9-16)14-24-13-7-11-18(24)20-22-17-10-5-6-12-19(17)28-20/h2-6,8-10,12,18H,7,11,13-14H2,1H3/p+1/t18-/m0/s1. The SMILES string of the molecule is Cc1nn(C[NH+]2CCC[C@H]2c2nc3ccccc3s2)c(=S)n1-c1ccccc1. The van der Waals surface area contributed by atoms with Gasteiger partial charge in [0.15, 0.2) is 11.7 Å². The molecule has 2 aromatic heterocycles. The Balaban J connectivity index is 1.45. The molecule has 0 amide bonds. The van der Waals surface area contributed by atoms with Crippen LogP contribution < -0.4 is 4.90 Å². The molecule has 1 unspecified atom stereocenters. The summed E-state index contributed by atoms with van der Waals surface area (Å²) in [7, 11) is 0. The zero-order valence-corrected chi connectivity index (χ0v) is 17.3. The number of aromatic nitrogens is 4. The topological polar surface area (TPSA) is 40.1 Å². The van der Waals surface area contributed by atoms with Gasteiger partial charge in [0.25, 0.3) is 0 Å². The van der Waals surface area contributed by atoms with Gasteiger partial charge in [-0.25, -0.2) is 4.98 Å². The molecule has 2 aromatic carbocycles. The van der Waals surface area contributed by atoms with Gasteiger partial charge in [0.1, 0.15) is 11.9 Å². The molecule has 3 heterocycles. The van der Waals surface area contributed by atoms with E-state index in [1.54, 1.807) is 0 Å². The Morgan fingerprint density at radius 1 is 1.14 bits per heavy atom. The van der Waals surface area contributed by atoms with Crippen LogP contribution in [0.5, 0.6) is 0 Å². The van der Waals surface area contributed by atoms with Crippen LogP contribution in [-0.2, 0) is 6.67 Å². The summed E-state index contributed by atoms with van der Waals surface area (Å²) in [6, 6.07) is 19.0. The lowest BCUT2D eigenvalue weighted by Crippen LogP contribution is -3.09. The van der Waals surface area contributed by atoms with Crippen molar-refractivity contribution in [2.75, 3.05) is 6.54 Å². The summed E-state index contributed by atoms with van der Waals surface area (Å²) in [4.78, 5) is 6.41. The van der Waals surface area contributed by atoms with Gasteiger partial charge in [-0.05, 0) is 43.4 Å². The number of quaternary nitrogens is 1. The quantitative estimate of drug-likeness (QED) is 0.524. The molecule has 5 nitrogen and oxygen atoms in total. The average molecular weight is 409 g/mol.